The van der Waals surface area contributed by atoms with Gasteiger partial charge >= 0.3 is 0 Å². The van der Waals surface area contributed by atoms with Crippen molar-refractivity contribution in [3.05, 3.63) is 121 Å². The first kappa shape index (κ1) is 33.7. The number of nitrogens with zero attached hydrogens (tertiary/aromatic N) is 4. The van der Waals surface area contributed by atoms with Gasteiger partial charge in [-0.15, -0.1) is 11.3 Å². The molecule has 3 aromatic carbocycles. The highest BCUT2D eigenvalue weighted by Crippen LogP contribution is 2.41. The Hall–Kier alpha value is -4.80. The normalized spacial score (nSPS) is 12.3. The van der Waals surface area contributed by atoms with Crippen LogP contribution in [-0.2, 0) is 11.0 Å². The summed E-state index contributed by atoms with van der Waals surface area (Å²) >= 11 is 3.28. The molecule has 0 spiro atoms. The predicted octanol–water partition coefficient (Wildman–Crippen LogP) is 7.51. The molecule has 7 aromatic rings. The Morgan fingerprint density at radius 3 is 2.26 bits per heavy atom. The van der Waals surface area contributed by atoms with Crippen LogP contribution in [0.15, 0.2) is 119 Å². The summed E-state index contributed by atoms with van der Waals surface area (Å²) in [6.45, 7) is 0. The van der Waals surface area contributed by atoms with Crippen molar-refractivity contribution >= 4 is 68.5 Å². The van der Waals surface area contributed by atoms with Gasteiger partial charge in [-0.1, -0.05) is 48.2 Å². The van der Waals surface area contributed by atoms with Crippen LogP contribution in [0.2, 0.25) is 0 Å². The lowest BCUT2D eigenvalue weighted by atomic mass is 10.0. The molecular weight excluding hydrogens is 684 g/mol. The fourth-order valence-electron chi connectivity index (χ4n) is 5.98. The van der Waals surface area contributed by atoms with Gasteiger partial charge in [0, 0.05) is 75.0 Å². The second kappa shape index (κ2) is 15.0. The number of hydrogen-bond acceptors (Lipinski definition) is 10. The molecule has 3 N–H and O–H groups in total. The van der Waals surface area contributed by atoms with Crippen molar-refractivity contribution in [1.82, 2.24) is 25.0 Å². The summed E-state index contributed by atoms with van der Waals surface area (Å²) in [6, 6.07) is 27.2. The Morgan fingerprint density at radius 2 is 1.58 bits per heavy atom. The number of nitrogen functional groups attached to an aromatic ring is 1. The molecule has 0 aliphatic carbocycles. The average Bonchev–Trinajstić information content (AvgIpc) is 3.70. The van der Waals surface area contributed by atoms with Gasteiger partial charge in [0.2, 0.25) is 7.29 Å². The number of aromatic nitrogens is 4. The number of pyridine rings is 3. The van der Waals surface area contributed by atoms with E-state index in [9.17, 15) is 4.57 Å². The maximum Gasteiger partial charge on any atom is 0.204 e. The van der Waals surface area contributed by atoms with Crippen molar-refractivity contribution in [2.24, 2.45) is 0 Å². The molecule has 0 radical (unpaired) electrons. The summed E-state index contributed by atoms with van der Waals surface area (Å²) in [4.78, 5) is 18.4. The third kappa shape index (κ3) is 7.09. The number of ether oxygens (including phenoxy) is 2. The zero-order chi connectivity index (χ0) is 34.5. The van der Waals surface area contributed by atoms with Crippen LogP contribution in [0.5, 0.6) is 11.5 Å². The van der Waals surface area contributed by atoms with Crippen LogP contribution < -0.4 is 30.9 Å². The molecule has 0 amide bonds. The first-order valence-electron chi connectivity index (χ1n) is 16.0. The quantitative estimate of drug-likeness (QED) is 0.0703. The van der Waals surface area contributed by atoms with Gasteiger partial charge in [-0.05, 0) is 66.3 Å². The van der Waals surface area contributed by atoms with Crippen LogP contribution in [-0.4, -0.2) is 46.0 Å². The highest BCUT2D eigenvalue weighted by Gasteiger charge is 2.30. The van der Waals surface area contributed by atoms with Crippen molar-refractivity contribution in [1.29, 1.82) is 0 Å². The van der Waals surface area contributed by atoms with E-state index in [4.69, 9.17) is 20.2 Å². The Bertz CT molecular complexity index is 2250. The number of benzene rings is 3. The second-order valence-corrected chi connectivity index (χ2v) is 16.3. The Morgan fingerprint density at radius 1 is 0.860 bits per heavy atom. The number of nitrogens with two attached hydrogens (primary N) is 1. The van der Waals surface area contributed by atoms with Crippen LogP contribution in [0.1, 0.15) is 12.0 Å². The van der Waals surface area contributed by atoms with Gasteiger partial charge in [0.1, 0.15) is 10.2 Å². The number of methoxy groups -OCH3 is 2. The van der Waals surface area contributed by atoms with Gasteiger partial charge in [0.05, 0.1) is 25.4 Å². The SMILES string of the molecule is COc1cc2ncc3c(N)nc(-c4cncc(CC[C@H](CSc5nccs5)NP(=O)(c5ccccc5)c5ccccc5)c4)cc3c2cc1OC. The summed E-state index contributed by atoms with van der Waals surface area (Å²) in [7, 11) is 0.0493. The lowest BCUT2D eigenvalue weighted by Gasteiger charge is -2.27. The maximum atomic E-state index is 15.0. The molecule has 7 rings (SSSR count). The summed E-state index contributed by atoms with van der Waals surface area (Å²) < 4.78 is 27.0. The molecule has 1 atom stereocenters. The van der Waals surface area contributed by atoms with Gasteiger partial charge in [0.25, 0.3) is 0 Å². The molecule has 0 unspecified atom stereocenters. The minimum absolute atomic E-state index is 0.0981. The molecule has 4 heterocycles. The molecule has 0 bridgehead atoms. The number of aryl methyl sites for hydroxylation is 1. The molecule has 0 aliphatic heterocycles. The van der Waals surface area contributed by atoms with Gasteiger partial charge in [0.15, 0.2) is 11.5 Å². The fraction of sp³-hybridized carbons (Fsp3) is 0.158. The molecule has 0 saturated heterocycles. The summed E-state index contributed by atoms with van der Waals surface area (Å²) in [5.41, 5.74) is 9.86. The Kier molecular flexibility index (Phi) is 10.1. The number of anilines is 1. The lowest BCUT2D eigenvalue weighted by molar-refractivity contribution is 0.356. The summed E-state index contributed by atoms with van der Waals surface area (Å²) in [5, 5.41) is 9.71. The minimum Gasteiger partial charge on any atom is -0.493 e. The monoisotopic (exact) mass is 718 g/mol. The van der Waals surface area contributed by atoms with E-state index in [1.54, 1.807) is 49.7 Å². The second-order valence-electron chi connectivity index (χ2n) is 11.7. The van der Waals surface area contributed by atoms with Gasteiger partial charge in [-0.3, -0.25) is 19.6 Å². The van der Waals surface area contributed by atoms with Crippen molar-refractivity contribution in [2.75, 3.05) is 25.7 Å². The molecule has 4 aromatic heterocycles. The summed E-state index contributed by atoms with van der Waals surface area (Å²) in [6.07, 6.45) is 8.66. The van der Waals surface area contributed by atoms with E-state index in [1.165, 1.54) is 0 Å². The number of thioether (sulfide) groups is 1. The molecule has 50 heavy (non-hydrogen) atoms. The van der Waals surface area contributed by atoms with Gasteiger partial charge in [-0.2, -0.15) is 0 Å². The van der Waals surface area contributed by atoms with Crippen LogP contribution in [0.25, 0.3) is 32.9 Å². The maximum absolute atomic E-state index is 15.0. The van der Waals surface area contributed by atoms with Crippen LogP contribution >= 0.6 is 30.4 Å². The largest absolute Gasteiger partial charge is 0.493 e. The number of hydrogen-bond donors (Lipinski definition) is 2. The molecule has 12 heteroatoms. The Labute approximate surface area is 298 Å². The van der Waals surface area contributed by atoms with Crippen LogP contribution in [0, 0.1) is 0 Å². The van der Waals surface area contributed by atoms with Crippen molar-refractivity contribution < 1.29 is 14.0 Å². The van der Waals surface area contributed by atoms with E-state index in [2.05, 4.69) is 26.1 Å². The smallest absolute Gasteiger partial charge is 0.204 e. The van der Waals surface area contributed by atoms with Gasteiger partial charge in [-0.25, -0.2) is 9.97 Å². The topological polar surface area (TPSA) is 125 Å². The summed E-state index contributed by atoms with van der Waals surface area (Å²) in [5.74, 6) is 2.29. The first-order chi connectivity index (χ1) is 24.4. The predicted molar refractivity (Wildman–Crippen MR) is 206 cm³/mol. The standard InChI is InChI=1S/C38H35N6O3PS2/c1-46-35-19-31-30-18-33(43-37(39)32(30)23-42-34(31)20-36(35)47-2)26-17-25(21-40-22-26)13-14-27(24-50-38-41-15-16-49-38)44-48(45,28-9-5-3-6-10-28)29-11-7-4-8-12-29/h3-12,15-23,27H,13-14,24H2,1-2H3,(H2,39,43)(H,44,45)/t27-/m1/s1. The number of thiazole rings is 1. The van der Waals surface area contributed by atoms with E-state index in [1.807, 2.05) is 96.6 Å². The van der Waals surface area contributed by atoms with Crippen LogP contribution in [0.4, 0.5) is 5.82 Å². The molecule has 9 nitrogen and oxygen atoms in total. The van der Waals surface area contributed by atoms with Gasteiger partial charge < -0.3 is 15.2 Å². The van der Waals surface area contributed by atoms with Crippen molar-refractivity contribution in [3.8, 4) is 22.8 Å². The highest BCUT2D eigenvalue weighted by molar-refractivity contribution is 8.01. The number of fused-ring (bicyclic) bond motifs is 3. The first-order valence-corrected chi connectivity index (χ1v) is 19.6. The van der Waals surface area contributed by atoms with E-state index in [0.717, 1.165) is 54.2 Å². The molecule has 252 valence electrons. The fourth-order valence-corrected chi connectivity index (χ4v) is 10.4. The lowest BCUT2D eigenvalue weighted by Crippen LogP contribution is -2.37. The average molecular weight is 719 g/mol. The minimum atomic E-state index is -3.17. The van der Waals surface area contributed by atoms with E-state index < -0.39 is 7.29 Å². The molecule has 0 aliphatic rings. The molecule has 0 fully saturated rings. The third-order valence-electron chi connectivity index (χ3n) is 8.51. The molecule has 0 saturated carbocycles. The highest BCUT2D eigenvalue weighted by atomic mass is 32.2. The van der Waals surface area contributed by atoms with Crippen molar-refractivity contribution in [3.63, 3.8) is 0 Å². The number of nitrogens with one attached hydrogen (secondary N) is 1. The number of rotatable bonds is 13. The zero-order valence-electron chi connectivity index (χ0n) is 27.5. The van der Waals surface area contributed by atoms with E-state index in [-0.39, 0.29) is 6.04 Å². The zero-order valence-corrected chi connectivity index (χ0v) is 30.1. The van der Waals surface area contributed by atoms with Crippen LogP contribution in [0.3, 0.4) is 0 Å². The Balaban J connectivity index is 1.19. The third-order valence-corrected chi connectivity index (χ3v) is 13.4. The van der Waals surface area contributed by atoms with Crippen molar-refractivity contribution in [2.45, 2.75) is 23.2 Å². The molecular formula is C38H35N6O3PS2. The van der Waals surface area contributed by atoms with E-state index in [0.29, 0.717) is 35.2 Å². The van der Waals surface area contributed by atoms with E-state index >= 15 is 0 Å².